The lowest BCUT2D eigenvalue weighted by atomic mass is 10.2. The Morgan fingerprint density at radius 1 is 1.35 bits per heavy atom. The Morgan fingerprint density at radius 3 is 2.55 bits per heavy atom. The highest BCUT2D eigenvalue weighted by atomic mass is 32.2. The van der Waals surface area contributed by atoms with Gasteiger partial charge in [0.25, 0.3) is 0 Å². The minimum absolute atomic E-state index is 0.00440. The van der Waals surface area contributed by atoms with E-state index < -0.39 is 20.6 Å². The molecule has 4 N–H and O–H groups in total. The molecule has 2 atom stereocenters. The Kier molecular flexibility index (Phi) is 3.93. The summed E-state index contributed by atoms with van der Waals surface area (Å²) in [5.74, 6) is 0.00440. The van der Waals surface area contributed by atoms with Crippen molar-refractivity contribution < 1.29 is 18.1 Å². The fourth-order valence-corrected chi connectivity index (χ4v) is 2.71. The molecule has 8 nitrogen and oxygen atoms in total. The first kappa shape index (κ1) is 14.7. The number of benzene rings is 1. The van der Waals surface area contributed by atoms with Gasteiger partial charge in [-0.1, -0.05) is 0 Å². The molecule has 1 aromatic rings. The van der Waals surface area contributed by atoms with Crippen molar-refractivity contribution in [3.8, 4) is 5.75 Å². The lowest BCUT2D eigenvalue weighted by molar-refractivity contribution is -0.386. The Hall–Kier alpha value is -1.71. The number of nitro benzene ring substituents is 1. The molecule has 0 aromatic heterocycles. The molecular formula is C11H15N3O5S. The second-order valence-electron chi connectivity index (χ2n) is 4.68. The normalized spacial score (nSPS) is 22.7. The molecular weight excluding hydrogens is 286 g/mol. The summed E-state index contributed by atoms with van der Waals surface area (Å²) in [6.07, 6.45) is 2.12. The summed E-state index contributed by atoms with van der Waals surface area (Å²) in [6.45, 7) is 0. The Bertz CT molecular complexity index is 631. The average molecular weight is 301 g/mol. The maximum atomic E-state index is 11.2. The third-order valence-corrected chi connectivity index (χ3v) is 4.15. The van der Waals surface area contributed by atoms with Crippen LogP contribution in [0.4, 0.5) is 5.69 Å². The van der Waals surface area contributed by atoms with Gasteiger partial charge in [0.15, 0.2) is 5.75 Å². The Balaban J connectivity index is 2.35. The summed E-state index contributed by atoms with van der Waals surface area (Å²) in [4.78, 5) is 9.98. The second-order valence-corrected chi connectivity index (χ2v) is 6.24. The van der Waals surface area contributed by atoms with E-state index in [1.807, 2.05) is 0 Å². The van der Waals surface area contributed by atoms with Crippen LogP contribution in [-0.4, -0.2) is 25.5 Å². The fraction of sp³-hybridized carbons (Fsp3) is 0.455. The molecule has 0 radical (unpaired) electrons. The van der Waals surface area contributed by atoms with Gasteiger partial charge in [0.2, 0.25) is 10.0 Å². The molecule has 0 bridgehead atoms. The molecule has 2 unspecified atom stereocenters. The summed E-state index contributed by atoms with van der Waals surface area (Å²) >= 11 is 0. The van der Waals surface area contributed by atoms with Crippen molar-refractivity contribution in [3.05, 3.63) is 28.3 Å². The maximum absolute atomic E-state index is 11.2. The molecule has 1 aliphatic carbocycles. The number of nitrogens with zero attached hydrogens (tertiary/aromatic N) is 1. The third-order valence-electron chi connectivity index (χ3n) is 3.24. The van der Waals surface area contributed by atoms with Gasteiger partial charge in [-0.3, -0.25) is 10.1 Å². The molecule has 1 aromatic carbocycles. The number of nitro groups is 1. The summed E-state index contributed by atoms with van der Waals surface area (Å²) in [7, 11) is -4.00. The predicted molar refractivity (Wildman–Crippen MR) is 70.7 cm³/mol. The van der Waals surface area contributed by atoms with E-state index in [0.717, 1.165) is 25.3 Å². The van der Waals surface area contributed by atoms with E-state index >= 15 is 0 Å². The molecule has 0 saturated heterocycles. The molecule has 0 heterocycles. The van der Waals surface area contributed by atoms with Gasteiger partial charge >= 0.3 is 5.69 Å². The van der Waals surface area contributed by atoms with E-state index in [-0.39, 0.29) is 22.8 Å². The van der Waals surface area contributed by atoms with Crippen molar-refractivity contribution in [2.75, 3.05) is 0 Å². The van der Waals surface area contributed by atoms with Crippen molar-refractivity contribution in [1.82, 2.24) is 0 Å². The minimum Gasteiger partial charge on any atom is -0.482 e. The van der Waals surface area contributed by atoms with Gasteiger partial charge in [0.1, 0.15) is 6.10 Å². The number of primary sulfonamides is 1. The smallest absolute Gasteiger partial charge is 0.312 e. The van der Waals surface area contributed by atoms with E-state index in [0.29, 0.717) is 0 Å². The second kappa shape index (κ2) is 5.35. The van der Waals surface area contributed by atoms with Crippen LogP contribution in [0, 0.1) is 10.1 Å². The molecule has 1 aliphatic rings. The molecule has 110 valence electrons. The van der Waals surface area contributed by atoms with Crippen LogP contribution in [0.15, 0.2) is 23.1 Å². The monoisotopic (exact) mass is 301 g/mol. The first-order valence-corrected chi connectivity index (χ1v) is 7.57. The third kappa shape index (κ3) is 3.06. The molecule has 1 saturated carbocycles. The van der Waals surface area contributed by atoms with Crippen molar-refractivity contribution in [1.29, 1.82) is 0 Å². The lowest BCUT2D eigenvalue weighted by Gasteiger charge is -2.17. The molecule has 20 heavy (non-hydrogen) atoms. The largest absolute Gasteiger partial charge is 0.482 e. The first-order chi connectivity index (χ1) is 9.29. The number of ether oxygens (including phenoxy) is 1. The zero-order valence-electron chi connectivity index (χ0n) is 10.6. The highest BCUT2D eigenvalue weighted by Gasteiger charge is 2.29. The van der Waals surface area contributed by atoms with Crippen molar-refractivity contribution >= 4 is 15.7 Å². The number of hydrogen-bond donors (Lipinski definition) is 2. The van der Waals surface area contributed by atoms with Crippen LogP contribution in [0.2, 0.25) is 0 Å². The summed E-state index contributed by atoms with van der Waals surface area (Å²) in [5, 5.41) is 16.0. The zero-order chi connectivity index (χ0) is 14.9. The van der Waals surface area contributed by atoms with Gasteiger partial charge in [-0.2, -0.15) is 0 Å². The quantitative estimate of drug-likeness (QED) is 0.613. The van der Waals surface area contributed by atoms with Gasteiger partial charge in [0.05, 0.1) is 9.82 Å². The van der Waals surface area contributed by atoms with Crippen LogP contribution >= 0.6 is 0 Å². The minimum atomic E-state index is -4.00. The first-order valence-electron chi connectivity index (χ1n) is 6.02. The number of nitrogens with two attached hydrogens (primary N) is 2. The molecule has 1 fully saturated rings. The van der Waals surface area contributed by atoms with Crippen LogP contribution in [0.25, 0.3) is 0 Å². The van der Waals surface area contributed by atoms with Gasteiger partial charge < -0.3 is 10.5 Å². The van der Waals surface area contributed by atoms with Crippen molar-refractivity contribution in [3.63, 3.8) is 0 Å². The van der Waals surface area contributed by atoms with Crippen LogP contribution in [0.5, 0.6) is 5.75 Å². The summed E-state index contributed by atoms with van der Waals surface area (Å²) in [6, 6.07) is 3.14. The van der Waals surface area contributed by atoms with E-state index in [4.69, 9.17) is 15.6 Å². The summed E-state index contributed by atoms with van der Waals surface area (Å²) in [5.41, 5.74) is 5.41. The van der Waals surface area contributed by atoms with E-state index in [2.05, 4.69) is 0 Å². The van der Waals surface area contributed by atoms with Crippen molar-refractivity contribution in [2.24, 2.45) is 10.9 Å². The number of rotatable bonds is 4. The Labute approximate surface area is 115 Å². The fourth-order valence-electron chi connectivity index (χ4n) is 2.18. The van der Waals surface area contributed by atoms with Crippen LogP contribution < -0.4 is 15.6 Å². The van der Waals surface area contributed by atoms with E-state index in [1.165, 1.54) is 12.1 Å². The standard InChI is InChI=1S/C11H15N3O5S/c12-8-2-1-3-10(8)19-11-5-4-7(20(13,17)18)6-9(11)14(15)16/h4-6,8,10H,1-3,12H2,(H2,13,17,18). The van der Waals surface area contributed by atoms with Crippen LogP contribution in [-0.2, 0) is 10.0 Å². The maximum Gasteiger partial charge on any atom is 0.312 e. The number of hydrogen-bond acceptors (Lipinski definition) is 6. The molecule has 0 amide bonds. The lowest BCUT2D eigenvalue weighted by Crippen LogP contribution is -2.33. The summed E-state index contributed by atoms with van der Waals surface area (Å²) < 4.78 is 28.0. The molecule has 0 aliphatic heterocycles. The highest BCUT2D eigenvalue weighted by molar-refractivity contribution is 7.89. The van der Waals surface area contributed by atoms with E-state index in [9.17, 15) is 18.5 Å². The Morgan fingerprint density at radius 2 is 2.05 bits per heavy atom. The predicted octanol–water partition coefficient (Wildman–Crippen LogP) is 0.501. The topological polar surface area (TPSA) is 139 Å². The van der Waals surface area contributed by atoms with Gasteiger partial charge in [0, 0.05) is 12.1 Å². The van der Waals surface area contributed by atoms with Crippen molar-refractivity contribution in [2.45, 2.75) is 36.3 Å². The van der Waals surface area contributed by atoms with Gasteiger partial charge in [-0.05, 0) is 31.4 Å². The molecule has 9 heteroatoms. The number of sulfonamides is 1. The highest BCUT2D eigenvalue weighted by Crippen LogP contribution is 2.32. The van der Waals surface area contributed by atoms with Gasteiger partial charge in [-0.25, -0.2) is 13.6 Å². The van der Waals surface area contributed by atoms with Crippen LogP contribution in [0.3, 0.4) is 0 Å². The van der Waals surface area contributed by atoms with Crippen LogP contribution in [0.1, 0.15) is 19.3 Å². The van der Waals surface area contributed by atoms with E-state index in [1.54, 1.807) is 0 Å². The average Bonchev–Trinajstić information content (AvgIpc) is 2.74. The zero-order valence-corrected chi connectivity index (χ0v) is 11.4. The molecule has 2 rings (SSSR count). The SMILES string of the molecule is NC1CCCC1Oc1ccc(S(N)(=O)=O)cc1[N+](=O)[O-]. The molecule has 0 spiro atoms. The van der Waals surface area contributed by atoms with Gasteiger partial charge in [-0.15, -0.1) is 0 Å².